The van der Waals surface area contributed by atoms with Gasteiger partial charge in [-0.1, -0.05) is 6.07 Å². The van der Waals surface area contributed by atoms with Crippen LogP contribution in [-0.2, 0) is 14.4 Å². The van der Waals surface area contributed by atoms with Gasteiger partial charge in [-0.25, -0.2) is 4.79 Å². The topological polar surface area (TPSA) is 118 Å². The molecule has 1 unspecified atom stereocenters. The molecule has 1 atom stereocenters. The number of rotatable bonds is 10. The Balaban J connectivity index is 2.55. The molecule has 1 rings (SSSR count). The number of ether oxygens (including phenoxy) is 1. The minimum absolute atomic E-state index is 0.0276. The fourth-order valence-corrected chi connectivity index (χ4v) is 1.91. The first-order valence-corrected chi connectivity index (χ1v) is 6.99. The van der Waals surface area contributed by atoms with E-state index in [9.17, 15) is 19.2 Å². The maximum atomic E-state index is 11.8. The van der Waals surface area contributed by atoms with Crippen LogP contribution in [0.5, 0.6) is 5.75 Å². The summed E-state index contributed by atoms with van der Waals surface area (Å²) in [4.78, 5) is 44.6. The average molecular weight is 322 g/mol. The van der Waals surface area contributed by atoms with E-state index in [0.29, 0.717) is 0 Å². The van der Waals surface area contributed by atoms with Gasteiger partial charge >= 0.3 is 11.9 Å². The van der Waals surface area contributed by atoms with Crippen molar-refractivity contribution in [2.45, 2.75) is 26.2 Å². The van der Waals surface area contributed by atoms with Gasteiger partial charge in [0.2, 0.25) is 0 Å². The number of carbonyl (C=O) groups excluding carboxylic acids is 2. The quantitative estimate of drug-likeness (QED) is 0.674. The highest BCUT2D eigenvalue weighted by Gasteiger charge is 2.21. The lowest BCUT2D eigenvalue weighted by Crippen LogP contribution is -2.22. The van der Waals surface area contributed by atoms with E-state index >= 15 is 0 Å². The SMILES string of the molecule is CC(=O)CCC(CC(=O)COc1cccc(C(=O)O)c1)C(=O)O. The normalized spacial score (nSPS) is 11.5. The van der Waals surface area contributed by atoms with Crippen molar-refractivity contribution in [2.75, 3.05) is 6.61 Å². The molecule has 0 saturated heterocycles. The summed E-state index contributed by atoms with van der Waals surface area (Å²) in [5.41, 5.74) is 0.0276. The minimum atomic E-state index is -1.13. The molecule has 0 aliphatic rings. The monoisotopic (exact) mass is 322 g/mol. The number of aromatic carboxylic acids is 1. The molecule has 0 aromatic heterocycles. The van der Waals surface area contributed by atoms with Crippen molar-refractivity contribution >= 4 is 23.5 Å². The number of carbonyl (C=O) groups is 4. The van der Waals surface area contributed by atoms with Gasteiger partial charge in [-0.15, -0.1) is 0 Å². The van der Waals surface area contributed by atoms with Gasteiger partial charge < -0.3 is 19.7 Å². The second-order valence-electron chi connectivity index (χ2n) is 5.14. The van der Waals surface area contributed by atoms with Gasteiger partial charge in [0.25, 0.3) is 0 Å². The Labute approximate surface area is 132 Å². The molecular formula is C16H18O7. The molecule has 0 bridgehead atoms. The smallest absolute Gasteiger partial charge is 0.335 e. The molecule has 0 heterocycles. The molecule has 0 spiro atoms. The van der Waals surface area contributed by atoms with Crippen LogP contribution in [0.2, 0.25) is 0 Å². The predicted octanol–water partition coefficient (Wildman–Crippen LogP) is 1.79. The van der Waals surface area contributed by atoms with Crippen LogP contribution < -0.4 is 4.74 Å². The minimum Gasteiger partial charge on any atom is -0.486 e. The molecule has 7 heteroatoms. The van der Waals surface area contributed by atoms with Crippen LogP contribution >= 0.6 is 0 Å². The number of ketones is 2. The first-order chi connectivity index (χ1) is 10.8. The number of hydrogen-bond donors (Lipinski definition) is 2. The molecule has 0 aliphatic heterocycles. The number of benzene rings is 1. The van der Waals surface area contributed by atoms with Crippen molar-refractivity contribution in [3.05, 3.63) is 29.8 Å². The number of carboxylic acid groups (broad SMARTS) is 2. The predicted molar refractivity (Wildman–Crippen MR) is 79.6 cm³/mol. The van der Waals surface area contributed by atoms with Gasteiger partial charge in [0.05, 0.1) is 11.5 Å². The van der Waals surface area contributed by atoms with Crippen molar-refractivity contribution < 1.29 is 34.1 Å². The summed E-state index contributed by atoms with van der Waals surface area (Å²) in [7, 11) is 0. The van der Waals surface area contributed by atoms with Crippen LogP contribution in [0.4, 0.5) is 0 Å². The zero-order valence-electron chi connectivity index (χ0n) is 12.7. The highest BCUT2D eigenvalue weighted by Crippen LogP contribution is 2.16. The fraction of sp³-hybridized carbons (Fsp3) is 0.375. The van der Waals surface area contributed by atoms with Gasteiger partial charge in [0.15, 0.2) is 5.78 Å². The first kappa shape index (κ1) is 18.3. The Kier molecular flexibility index (Phi) is 6.92. The zero-order chi connectivity index (χ0) is 17.4. The molecule has 0 radical (unpaired) electrons. The molecule has 0 aliphatic carbocycles. The lowest BCUT2D eigenvalue weighted by molar-refractivity contribution is -0.144. The lowest BCUT2D eigenvalue weighted by atomic mass is 9.96. The number of Topliss-reactive ketones (excluding diaryl/α,β-unsaturated/α-hetero) is 2. The third kappa shape index (κ3) is 6.73. The molecule has 1 aromatic rings. The number of hydrogen-bond acceptors (Lipinski definition) is 5. The molecule has 124 valence electrons. The van der Waals surface area contributed by atoms with Crippen molar-refractivity contribution in [1.29, 1.82) is 0 Å². The fourth-order valence-electron chi connectivity index (χ4n) is 1.91. The van der Waals surface area contributed by atoms with E-state index in [1.807, 2.05) is 0 Å². The largest absolute Gasteiger partial charge is 0.486 e. The van der Waals surface area contributed by atoms with Crippen LogP contribution in [0.25, 0.3) is 0 Å². The summed E-state index contributed by atoms with van der Waals surface area (Å²) in [5.74, 6) is -3.52. The van der Waals surface area contributed by atoms with Gasteiger partial charge in [0, 0.05) is 12.8 Å². The number of aliphatic carboxylic acids is 1. The van der Waals surface area contributed by atoms with Crippen molar-refractivity contribution in [3.8, 4) is 5.75 Å². The van der Waals surface area contributed by atoms with Gasteiger partial charge in [-0.2, -0.15) is 0 Å². The second-order valence-corrected chi connectivity index (χ2v) is 5.14. The summed E-state index contributed by atoms with van der Waals surface area (Å²) in [6, 6.07) is 5.65. The standard InChI is InChI=1S/C16H18O7/c1-10(17)5-6-12(16(21)22)7-13(18)9-23-14-4-2-3-11(8-14)15(19)20/h2-4,8,12H,5-7,9H2,1H3,(H,19,20)(H,21,22). The zero-order valence-corrected chi connectivity index (χ0v) is 12.7. The molecule has 0 fully saturated rings. The maximum absolute atomic E-state index is 11.8. The van der Waals surface area contributed by atoms with Crippen LogP contribution in [0, 0.1) is 5.92 Å². The Morgan fingerprint density at radius 3 is 2.43 bits per heavy atom. The summed E-state index contributed by atoms with van der Waals surface area (Å²) < 4.78 is 5.19. The Bertz CT molecular complexity index is 606. The van der Waals surface area contributed by atoms with Gasteiger partial charge in [-0.05, 0) is 31.5 Å². The van der Waals surface area contributed by atoms with Gasteiger partial charge in [-0.3, -0.25) is 9.59 Å². The van der Waals surface area contributed by atoms with Crippen LogP contribution in [0.15, 0.2) is 24.3 Å². The van der Waals surface area contributed by atoms with E-state index in [4.69, 9.17) is 14.9 Å². The van der Waals surface area contributed by atoms with Crippen molar-refractivity contribution in [2.24, 2.45) is 5.92 Å². The van der Waals surface area contributed by atoms with E-state index in [2.05, 4.69) is 0 Å². The lowest BCUT2D eigenvalue weighted by Gasteiger charge is -2.11. The van der Waals surface area contributed by atoms with E-state index in [1.165, 1.54) is 31.2 Å². The van der Waals surface area contributed by atoms with Crippen molar-refractivity contribution in [3.63, 3.8) is 0 Å². The van der Waals surface area contributed by atoms with E-state index in [-0.39, 0.29) is 43.0 Å². The highest BCUT2D eigenvalue weighted by molar-refractivity contribution is 5.88. The van der Waals surface area contributed by atoms with Crippen LogP contribution in [0.1, 0.15) is 36.5 Å². The molecule has 2 N–H and O–H groups in total. The molecular weight excluding hydrogens is 304 g/mol. The molecule has 0 amide bonds. The van der Waals surface area contributed by atoms with Crippen molar-refractivity contribution in [1.82, 2.24) is 0 Å². The average Bonchev–Trinajstić information content (AvgIpc) is 2.49. The molecule has 0 saturated carbocycles. The van der Waals surface area contributed by atoms with Crippen LogP contribution in [0.3, 0.4) is 0 Å². The van der Waals surface area contributed by atoms with E-state index < -0.39 is 23.6 Å². The Morgan fingerprint density at radius 1 is 1.17 bits per heavy atom. The van der Waals surface area contributed by atoms with Gasteiger partial charge in [0.1, 0.15) is 18.1 Å². The third-order valence-electron chi connectivity index (χ3n) is 3.15. The Morgan fingerprint density at radius 2 is 1.87 bits per heavy atom. The Hall–Kier alpha value is -2.70. The molecule has 7 nitrogen and oxygen atoms in total. The molecule has 23 heavy (non-hydrogen) atoms. The summed E-state index contributed by atoms with van der Waals surface area (Å²) in [6.07, 6.45) is -0.0299. The van der Waals surface area contributed by atoms with Crippen LogP contribution in [-0.4, -0.2) is 40.3 Å². The summed E-state index contributed by atoms with van der Waals surface area (Å²) in [6.45, 7) is 1.01. The number of carboxylic acids is 2. The third-order valence-corrected chi connectivity index (χ3v) is 3.15. The van der Waals surface area contributed by atoms with E-state index in [0.717, 1.165) is 0 Å². The van der Waals surface area contributed by atoms with E-state index in [1.54, 1.807) is 0 Å². The first-order valence-electron chi connectivity index (χ1n) is 6.99. The maximum Gasteiger partial charge on any atom is 0.335 e. The molecule has 1 aromatic carbocycles. The summed E-state index contributed by atoms with van der Waals surface area (Å²) >= 11 is 0. The summed E-state index contributed by atoms with van der Waals surface area (Å²) in [5, 5.41) is 17.9. The second kappa shape index (κ2) is 8.67. The highest BCUT2D eigenvalue weighted by atomic mass is 16.5.